The van der Waals surface area contributed by atoms with Gasteiger partial charge >= 0.3 is 11.9 Å². The number of esters is 2. The summed E-state index contributed by atoms with van der Waals surface area (Å²) in [5, 5.41) is 9.31. The summed E-state index contributed by atoms with van der Waals surface area (Å²) < 4.78 is 10.0. The fourth-order valence-corrected chi connectivity index (χ4v) is 2.49. The molecule has 0 amide bonds. The highest BCUT2D eigenvalue weighted by molar-refractivity contribution is 5.89. The molecule has 0 aromatic heterocycles. The largest absolute Gasteiger partial charge is 0.456 e. The van der Waals surface area contributed by atoms with E-state index in [9.17, 15) is 14.7 Å². The van der Waals surface area contributed by atoms with E-state index in [0.29, 0.717) is 0 Å². The molecule has 6 nitrogen and oxygen atoms in total. The predicted molar refractivity (Wildman–Crippen MR) is 148 cm³/mol. The van der Waals surface area contributed by atoms with E-state index >= 15 is 0 Å². The van der Waals surface area contributed by atoms with Crippen LogP contribution >= 0.6 is 0 Å². The summed E-state index contributed by atoms with van der Waals surface area (Å²) in [6.07, 6.45) is 9.77. The first kappa shape index (κ1) is 31.8. The van der Waals surface area contributed by atoms with Gasteiger partial charge in [-0.3, -0.25) is 4.79 Å². The minimum absolute atomic E-state index is 0. The van der Waals surface area contributed by atoms with E-state index in [1.165, 1.54) is 38.5 Å². The Bertz CT molecular complexity index is 898. The lowest BCUT2D eigenvalue weighted by Crippen LogP contribution is -2.28. The van der Waals surface area contributed by atoms with Gasteiger partial charge in [0.25, 0.3) is 0 Å². The van der Waals surface area contributed by atoms with Crippen LogP contribution in [-0.4, -0.2) is 36.4 Å². The van der Waals surface area contributed by atoms with E-state index in [1.807, 2.05) is 0 Å². The second kappa shape index (κ2) is 24.9. The Morgan fingerprint density at radius 1 is 0.818 bits per heavy atom. The number of ether oxygens (including phenoxy) is 2. The van der Waals surface area contributed by atoms with Crippen LogP contribution in [0, 0.1) is 59.2 Å². The topological polar surface area (TPSA) is 108 Å². The fourth-order valence-electron chi connectivity index (χ4n) is 2.49. The lowest BCUT2D eigenvalue weighted by atomic mass is 10.1. The van der Waals surface area contributed by atoms with Gasteiger partial charge in [0.05, 0.1) is 6.61 Å². The highest BCUT2D eigenvalue weighted by atomic mass is 16.6. The number of aliphatic hydroxyl groups excluding tert-OH is 1. The standard InChI is InChI=1S/C27H32O5.H3N.9H2/c1-3-5-7-9-11-13-15-17-19-21-26(29)31-24-25(23-28)32-27(30)22-20-18-16-14-12-10-8-6-4-2;;;;;;;;;;/h25,28H,4,6,8,10,12,14,16,18,20,22-24H2,1-2H3;1H3;9*1H/t25-;;;;;;;;;;/m0........../s1. The SMILES string of the molecule is CC#CC#CC#CC#CC#CC(=O)OC[C@H](CO)OC(=O)CCCCCCCCCCC.N.[HH].[HH].[HH].[HH].[HH].[HH].[HH].[HH].[HH]. The molecule has 0 saturated heterocycles. The van der Waals surface area contributed by atoms with Crippen LogP contribution in [0.15, 0.2) is 0 Å². The Labute approximate surface area is 212 Å². The molecule has 0 aromatic carbocycles. The molecule has 0 aliphatic carbocycles. The monoisotopic (exact) mass is 471 g/mol. The number of hydrogen-bond donors (Lipinski definition) is 2. The van der Waals surface area contributed by atoms with Crippen molar-refractivity contribution in [2.75, 3.05) is 13.2 Å². The van der Waals surface area contributed by atoms with Gasteiger partial charge in [0.15, 0.2) is 6.10 Å². The second-order valence-corrected chi connectivity index (χ2v) is 6.85. The Balaban J connectivity index is -0.000000107. The minimum atomic E-state index is -0.909. The molecule has 1 atom stereocenters. The molecule has 0 bridgehead atoms. The summed E-state index contributed by atoms with van der Waals surface area (Å²) in [6.45, 7) is 3.16. The third-order valence-electron chi connectivity index (χ3n) is 4.11. The molecule has 0 aliphatic heterocycles. The number of aliphatic hydroxyl groups is 1. The number of carbonyl (C=O) groups is 2. The van der Waals surface area contributed by atoms with Crippen molar-refractivity contribution < 1.29 is 37.0 Å². The van der Waals surface area contributed by atoms with Crippen LogP contribution in [-0.2, 0) is 19.1 Å². The van der Waals surface area contributed by atoms with E-state index in [-0.39, 0.29) is 32.0 Å². The molecule has 0 saturated carbocycles. The number of hydrogen-bond acceptors (Lipinski definition) is 6. The van der Waals surface area contributed by atoms with Gasteiger partial charge in [0.1, 0.15) is 6.61 Å². The molecule has 196 valence electrons. The summed E-state index contributed by atoms with van der Waals surface area (Å²) in [7, 11) is 0. The van der Waals surface area contributed by atoms with Crippen LogP contribution < -0.4 is 6.15 Å². The summed E-state index contributed by atoms with van der Waals surface area (Å²) in [5.41, 5.74) is 0. The third-order valence-corrected chi connectivity index (χ3v) is 4.11. The van der Waals surface area contributed by atoms with E-state index < -0.39 is 24.6 Å². The summed E-state index contributed by atoms with van der Waals surface area (Å²) in [4.78, 5) is 23.4. The van der Waals surface area contributed by atoms with Crippen LogP contribution in [0.2, 0.25) is 0 Å². The van der Waals surface area contributed by atoms with E-state index in [0.717, 1.165) is 19.3 Å². The van der Waals surface area contributed by atoms with Gasteiger partial charge in [0.2, 0.25) is 0 Å². The third kappa shape index (κ3) is 23.2. The van der Waals surface area contributed by atoms with Crippen molar-refractivity contribution in [1.82, 2.24) is 6.15 Å². The highest BCUT2D eigenvalue weighted by Crippen LogP contribution is 2.11. The van der Waals surface area contributed by atoms with Crippen LogP contribution in [0.5, 0.6) is 0 Å². The van der Waals surface area contributed by atoms with Gasteiger partial charge in [0, 0.05) is 25.2 Å². The summed E-state index contributed by atoms with van der Waals surface area (Å²) in [5.74, 6) is 23.0. The zero-order valence-electron chi connectivity index (χ0n) is 19.8. The van der Waals surface area contributed by atoms with Gasteiger partial charge in [-0.25, -0.2) is 4.79 Å². The molecular weight excluding hydrogens is 418 g/mol. The maximum atomic E-state index is 11.9. The van der Waals surface area contributed by atoms with Gasteiger partial charge in [-0.15, -0.1) is 0 Å². The molecular formula is C27H53NO5. The van der Waals surface area contributed by atoms with Crippen molar-refractivity contribution in [3.63, 3.8) is 0 Å². The maximum absolute atomic E-state index is 11.9. The van der Waals surface area contributed by atoms with Crippen molar-refractivity contribution in [2.45, 2.75) is 84.2 Å². The summed E-state index contributed by atoms with van der Waals surface area (Å²) >= 11 is 0. The Hall–Kier alpha value is -3.34. The van der Waals surface area contributed by atoms with E-state index in [1.54, 1.807) is 6.92 Å². The Morgan fingerprint density at radius 3 is 1.88 bits per heavy atom. The minimum Gasteiger partial charge on any atom is -0.456 e. The molecule has 4 N–H and O–H groups in total. The maximum Gasteiger partial charge on any atom is 0.385 e. The first-order valence-electron chi connectivity index (χ1n) is 11.0. The predicted octanol–water partition coefficient (Wildman–Crippen LogP) is 5.77. The number of unbranched alkanes of at least 4 members (excludes halogenated alkanes) is 8. The molecule has 0 aliphatic rings. The lowest BCUT2D eigenvalue weighted by Gasteiger charge is -2.14. The van der Waals surface area contributed by atoms with Gasteiger partial charge < -0.3 is 20.7 Å². The number of rotatable bonds is 14. The Morgan fingerprint density at radius 2 is 1.33 bits per heavy atom. The Kier molecular flexibility index (Phi) is 24.1. The van der Waals surface area contributed by atoms with Gasteiger partial charge in [-0.1, -0.05) is 64.2 Å². The van der Waals surface area contributed by atoms with Crippen molar-refractivity contribution in [2.24, 2.45) is 0 Å². The van der Waals surface area contributed by atoms with Crippen LogP contribution in [0.1, 0.15) is 90.9 Å². The molecule has 0 fully saturated rings. The van der Waals surface area contributed by atoms with Crippen molar-refractivity contribution in [3.05, 3.63) is 0 Å². The molecule has 0 radical (unpaired) electrons. The average Bonchev–Trinajstić information content (AvgIpc) is 2.79. The zero-order valence-corrected chi connectivity index (χ0v) is 19.8. The molecule has 0 rings (SSSR count). The van der Waals surface area contributed by atoms with Crippen molar-refractivity contribution in [1.29, 1.82) is 0 Å². The quantitative estimate of drug-likeness (QED) is 0.144. The van der Waals surface area contributed by atoms with Crippen LogP contribution in [0.25, 0.3) is 0 Å². The van der Waals surface area contributed by atoms with E-state index in [4.69, 9.17) is 9.47 Å². The highest BCUT2D eigenvalue weighted by Gasteiger charge is 2.15. The lowest BCUT2D eigenvalue weighted by molar-refractivity contribution is -0.159. The molecule has 0 spiro atoms. The van der Waals surface area contributed by atoms with Gasteiger partial charge in [-0.2, -0.15) is 0 Å². The average molecular weight is 472 g/mol. The molecule has 0 heterocycles. The number of carbonyl (C=O) groups excluding carboxylic acids is 2. The molecule has 6 heteroatoms. The van der Waals surface area contributed by atoms with Gasteiger partial charge in [-0.05, 0) is 60.7 Å². The molecule has 0 aromatic rings. The molecule has 0 unspecified atom stereocenters. The first-order valence-corrected chi connectivity index (χ1v) is 11.0. The van der Waals surface area contributed by atoms with Crippen molar-refractivity contribution in [3.8, 4) is 59.2 Å². The van der Waals surface area contributed by atoms with Crippen LogP contribution in [0.3, 0.4) is 0 Å². The zero-order chi connectivity index (χ0) is 23.7. The van der Waals surface area contributed by atoms with Crippen molar-refractivity contribution >= 4 is 11.9 Å². The second-order valence-electron chi connectivity index (χ2n) is 6.85. The summed E-state index contributed by atoms with van der Waals surface area (Å²) in [6, 6.07) is 0. The molecule has 33 heavy (non-hydrogen) atoms. The fraction of sp³-hybridized carbons (Fsp3) is 0.556. The van der Waals surface area contributed by atoms with E-state index in [2.05, 4.69) is 66.1 Å². The smallest absolute Gasteiger partial charge is 0.385 e. The first-order chi connectivity index (χ1) is 15.6. The van der Waals surface area contributed by atoms with Crippen LogP contribution in [0.4, 0.5) is 0 Å². The normalized spacial score (nSPS) is 9.18.